The van der Waals surface area contributed by atoms with Gasteiger partial charge in [0.05, 0.1) is 26.5 Å². The Morgan fingerprint density at radius 2 is 1.93 bits per heavy atom. The maximum atomic E-state index is 5.48. The van der Waals surface area contributed by atoms with Crippen molar-refractivity contribution in [2.75, 3.05) is 20.8 Å². The molecule has 2 aromatic rings. The molecule has 1 heterocycles. The number of nitrogens with one attached hydrogen (secondary N) is 2. The molecule has 0 unspecified atom stereocenters. The Bertz CT molecular complexity index is 774. The monoisotopic (exact) mass is 487 g/mol. The molecule has 0 saturated heterocycles. The van der Waals surface area contributed by atoms with Crippen LogP contribution in [0.25, 0.3) is 0 Å². The van der Waals surface area contributed by atoms with Crippen molar-refractivity contribution in [3.05, 3.63) is 40.7 Å². The van der Waals surface area contributed by atoms with Crippen LogP contribution in [0.4, 0.5) is 0 Å². The maximum Gasteiger partial charge on any atom is 0.191 e. The van der Waals surface area contributed by atoms with Gasteiger partial charge in [0.2, 0.25) is 0 Å². The van der Waals surface area contributed by atoms with E-state index < -0.39 is 0 Å². The quantitative estimate of drug-likeness (QED) is 0.357. The number of methoxy groups -OCH3 is 2. The second-order valence-corrected chi connectivity index (χ2v) is 5.97. The molecule has 27 heavy (non-hydrogen) atoms. The van der Waals surface area contributed by atoms with Gasteiger partial charge >= 0.3 is 0 Å². The van der Waals surface area contributed by atoms with E-state index in [1.165, 1.54) is 5.56 Å². The zero-order valence-electron chi connectivity index (χ0n) is 16.9. The topological polar surface area (TPSA) is 72.7 Å². The van der Waals surface area contributed by atoms with Gasteiger partial charge in [-0.25, -0.2) is 4.99 Å². The zero-order chi connectivity index (χ0) is 19.1. The SMILES string of the molecule is CCNC(=NCc1cccc(OC)c1OC)NCc1c(C)nn(C)c1C.I. The number of benzene rings is 1. The number of para-hydroxylation sites is 1. The molecular formula is C19H30IN5O2. The third-order valence-corrected chi connectivity index (χ3v) is 4.33. The van der Waals surface area contributed by atoms with Crippen molar-refractivity contribution in [2.45, 2.75) is 33.9 Å². The minimum absolute atomic E-state index is 0. The van der Waals surface area contributed by atoms with E-state index in [0.29, 0.717) is 24.6 Å². The minimum atomic E-state index is 0. The van der Waals surface area contributed by atoms with Crippen LogP contribution in [0.2, 0.25) is 0 Å². The summed E-state index contributed by atoms with van der Waals surface area (Å²) in [6, 6.07) is 5.81. The van der Waals surface area contributed by atoms with Crippen LogP contribution in [0.3, 0.4) is 0 Å². The lowest BCUT2D eigenvalue weighted by molar-refractivity contribution is 0.352. The first-order chi connectivity index (χ1) is 12.5. The number of halogens is 1. The van der Waals surface area contributed by atoms with Crippen LogP contribution in [0.15, 0.2) is 23.2 Å². The van der Waals surface area contributed by atoms with Gasteiger partial charge in [0.25, 0.3) is 0 Å². The summed E-state index contributed by atoms with van der Waals surface area (Å²) in [4.78, 5) is 4.68. The lowest BCUT2D eigenvalue weighted by atomic mass is 10.2. The molecule has 0 saturated carbocycles. The summed E-state index contributed by atoms with van der Waals surface area (Å²) in [5.74, 6) is 2.17. The van der Waals surface area contributed by atoms with E-state index in [1.54, 1.807) is 14.2 Å². The highest BCUT2D eigenvalue weighted by molar-refractivity contribution is 14.0. The molecule has 2 rings (SSSR count). The summed E-state index contributed by atoms with van der Waals surface area (Å²) in [7, 11) is 5.23. The lowest BCUT2D eigenvalue weighted by Crippen LogP contribution is -2.37. The summed E-state index contributed by atoms with van der Waals surface area (Å²) >= 11 is 0. The Balaban J connectivity index is 0.00000364. The van der Waals surface area contributed by atoms with Gasteiger partial charge in [-0.05, 0) is 26.8 Å². The van der Waals surface area contributed by atoms with E-state index in [9.17, 15) is 0 Å². The fourth-order valence-corrected chi connectivity index (χ4v) is 2.83. The second kappa shape index (κ2) is 11.0. The molecule has 0 amide bonds. The van der Waals surface area contributed by atoms with Gasteiger partial charge in [-0.15, -0.1) is 24.0 Å². The molecule has 150 valence electrons. The number of ether oxygens (including phenoxy) is 2. The molecule has 2 N–H and O–H groups in total. The highest BCUT2D eigenvalue weighted by Crippen LogP contribution is 2.31. The first kappa shape index (κ1) is 23.1. The van der Waals surface area contributed by atoms with E-state index in [4.69, 9.17) is 9.47 Å². The summed E-state index contributed by atoms with van der Waals surface area (Å²) in [5.41, 5.74) is 4.35. The lowest BCUT2D eigenvalue weighted by Gasteiger charge is -2.14. The van der Waals surface area contributed by atoms with E-state index in [-0.39, 0.29) is 24.0 Å². The maximum absolute atomic E-state index is 5.48. The number of guanidine groups is 1. The van der Waals surface area contributed by atoms with E-state index in [2.05, 4.69) is 27.6 Å². The molecule has 7 nitrogen and oxygen atoms in total. The van der Waals surface area contributed by atoms with Crippen molar-refractivity contribution in [3.8, 4) is 11.5 Å². The van der Waals surface area contributed by atoms with Crippen molar-refractivity contribution in [1.29, 1.82) is 0 Å². The normalized spacial score (nSPS) is 11.0. The Morgan fingerprint density at radius 1 is 1.19 bits per heavy atom. The molecule has 0 bridgehead atoms. The van der Waals surface area contributed by atoms with Crippen molar-refractivity contribution in [2.24, 2.45) is 12.0 Å². The third kappa shape index (κ3) is 5.75. The van der Waals surface area contributed by atoms with Crippen molar-refractivity contribution < 1.29 is 9.47 Å². The third-order valence-electron chi connectivity index (χ3n) is 4.33. The smallest absolute Gasteiger partial charge is 0.191 e. The van der Waals surface area contributed by atoms with E-state index >= 15 is 0 Å². The molecule has 0 fully saturated rings. The molecule has 1 aromatic carbocycles. The summed E-state index contributed by atoms with van der Waals surface area (Å²) < 4.78 is 12.7. The van der Waals surface area contributed by atoms with Gasteiger partial charge in [0.1, 0.15) is 0 Å². The first-order valence-electron chi connectivity index (χ1n) is 8.72. The predicted molar refractivity (Wildman–Crippen MR) is 119 cm³/mol. The highest BCUT2D eigenvalue weighted by Gasteiger charge is 2.11. The van der Waals surface area contributed by atoms with Gasteiger partial charge in [-0.2, -0.15) is 5.10 Å². The molecule has 8 heteroatoms. The van der Waals surface area contributed by atoms with E-state index in [1.807, 2.05) is 43.8 Å². The molecule has 0 aliphatic heterocycles. The molecule has 0 atom stereocenters. The number of hydrogen-bond donors (Lipinski definition) is 2. The van der Waals surface area contributed by atoms with Gasteiger partial charge in [-0.1, -0.05) is 12.1 Å². The van der Waals surface area contributed by atoms with Crippen LogP contribution in [0.1, 0.15) is 29.4 Å². The van der Waals surface area contributed by atoms with E-state index in [0.717, 1.165) is 29.5 Å². The summed E-state index contributed by atoms with van der Waals surface area (Å²) in [5, 5.41) is 11.1. The molecular weight excluding hydrogens is 457 g/mol. The molecule has 1 aromatic heterocycles. The fraction of sp³-hybridized carbons (Fsp3) is 0.474. The number of aromatic nitrogens is 2. The second-order valence-electron chi connectivity index (χ2n) is 5.97. The van der Waals surface area contributed by atoms with Crippen LogP contribution >= 0.6 is 24.0 Å². The van der Waals surface area contributed by atoms with Crippen LogP contribution in [0.5, 0.6) is 11.5 Å². The van der Waals surface area contributed by atoms with Gasteiger partial charge in [0.15, 0.2) is 17.5 Å². The van der Waals surface area contributed by atoms with Crippen molar-refractivity contribution in [1.82, 2.24) is 20.4 Å². The van der Waals surface area contributed by atoms with Crippen LogP contribution in [0, 0.1) is 13.8 Å². The Hall–Kier alpha value is -1.97. The largest absolute Gasteiger partial charge is 0.493 e. The van der Waals surface area contributed by atoms with Crippen molar-refractivity contribution in [3.63, 3.8) is 0 Å². The van der Waals surface area contributed by atoms with Crippen LogP contribution < -0.4 is 20.1 Å². The average molecular weight is 487 g/mol. The Kier molecular flexibility index (Phi) is 9.40. The highest BCUT2D eigenvalue weighted by atomic mass is 127. The number of rotatable bonds is 7. The zero-order valence-corrected chi connectivity index (χ0v) is 19.3. The summed E-state index contributed by atoms with van der Waals surface area (Å²) in [6.07, 6.45) is 0. The predicted octanol–water partition coefficient (Wildman–Crippen LogP) is 2.93. The Labute approximate surface area is 178 Å². The average Bonchev–Trinajstić information content (AvgIpc) is 2.88. The van der Waals surface area contributed by atoms with Gasteiger partial charge in [0, 0.05) is 37.0 Å². The fourth-order valence-electron chi connectivity index (χ4n) is 2.83. The molecule has 0 radical (unpaired) electrons. The van der Waals surface area contributed by atoms with Crippen LogP contribution in [-0.4, -0.2) is 36.5 Å². The molecule has 0 spiro atoms. The standard InChI is InChI=1S/C19H29N5O2.HI/c1-7-20-19(22-12-16-13(2)23-24(4)14(16)3)21-11-15-9-8-10-17(25-5)18(15)26-6;/h8-10H,7,11-12H2,1-6H3,(H2,20,21,22);1H. The van der Waals surface area contributed by atoms with Gasteiger partial charge < -0.3 is 20.1 Å². The minimum Gasteiger partial charge on any atom is -0.493 e. The number of aryl methyl sites for hydroxylation is 2. The first-order valence-corrected chi connectivity index (χ1v) is 8.72. The number of aliphatic imine (C=N–C) groups is 1. The molecule has 0 aliphatic rings. The van der Waals surface area contributed by atoms with Gasteiger partial charge in [-0.3, -0.25) is 4.68 Å². The number of nitrogens with zero attached hydrogens (tertiary/aromatic N) is 3. The van der Waals surface area contributed by atoms with Crippen molar-refractivity contribution >= 4 is 29.9 Å². The Morgan fingerprint density at radius 3 is 2.48 bits per heavy atom. The number of hydrogen-bond acceptors (Lipinski definition) is 4. The van der Waals surface area contributed by atoms with Crippen LogP contribution in [-0.2, 0) is 20.1 Å². The summed E-state index contributed by atoms with van der Waals surface area (Å²) in [6.45, 7) is 8.08. The molecule has 0 aliphatic carbocycles.